The van der Waals surface area contributed by atoms with Gasteiger partial charge in [0.15, 0.2) is 18.4 Å². The summed E-state index contributed by atoms with van der Waals surface area (Å²) in [4.78, 5) is 38.0. The van der Waals surface area contributed by atoms with Crippen LogP contribution in [0.4, 0.5) is 0 Å². The van der Waals surface area contributed by atoms with Gasteiger partial charge >= 0.3 is 5.97 Å². The van der Waals surface area contributed by atoms with Crippen molar-refractivity contribution in [1.29, 1.82) is 0 Å². The lowest BCUT2D eigenvalue weighted by Gasteiger charge is -2.44. The zero-order valence-electron chi connectivity index (χ0n) is 37.6. The molecule has 3 saturated heterocycles. The van der Waals surface area contributed by atoms with Gasteiger partial charge in [0.25, 0.3) is 0 Å². The number of cyclic esters (lactones) is 1. The predicted octanol–water partition coefficient (Wildman–Crippen LogP) is 7.32. The first kappa shape index (κ1) is 45.2. The van der Waals surface area contributed by atoms with Gasteiger partial charge in [0.05, 0.1) is 41.5 Å². The molecule has 0 unspecified atom stereocenters. The number of likely N-dealkylation sites (N-methyl/N-ethyl adjacent to an activating group) is 1. The van der Waals surface area contributed by atoms with Gasteiger partial charge in [-0.1, -0.05) is 40.7 Å². The normalized spacial score (nSPS) is 41.9. The number of carbonyl (C=O) groups is 2. The van der Waals surface area contributed by atoms with Crippen molar-refractivity contribution in [2.45, 2.75) is 191 Å². The van der Waals surface area contributed by atoms with Gasteiger partial charge in [0, 0.05) is 61.3 Å². The second kappa shape index (κ2) is 18.5. The molecule has 1 saturated carbocycles. The van der Waals surface area contributed by atoms with Crippen LogP contribution in [0.5, 0.6) is 0 Å². The minimum Gasteiger partial charge on any atom is -0.462 e. The number of ketones is 1. The predicted molar refractivity (Wildman–Crippen MR) is 224 cm³/mol. The van der Waals surface area contributed by atoms with Gasteiger partial charge in [-0.3, -0.25) is 9.59 Å². The van der Waals surface area contributed by atoms with Crippen LogP contribution in [-0.2, 0) is 52.9 Å². The molecule has 7 rings (SSSR count). The summed E-state index contributed by atoms with van der Waals surface area (Å²) in [6.45, 7) is 14.8. The SMILES string of the molecule is CC[C@H]1CCC[C@H](O[C@H]2CC[C@H](N(C)C)[C@@H](C)O2)[C@@H](C)C(=O)C2=C[C@H]3[C@@H]4C[C@H](O[C@@H]5O[C@@H](C)[C@H](OC)[C@@H](OC)[C@H]5OC)C[C@H]4c4sc(C(C)(C)C)nc4[C@H]3[C@@H]2CC(=O)O1. The van der Waals surface area contributed by atoms with Gasteiger partial charge < -0.3 is 42.8 Å². The Kier molecular flexibility index (Phi) is 14.2. The maximum absolute atomic E-state index is 15.1. The van der Waals surface area contributed by atoms with Crippen LogP contribution >= 0.6 is 11.3 Å². The van der Waals surface area contributed by atoms with Gasteiger partial charge in [0.1, 0.15) is 24.4 Å². The number of aromatic nitrogens is 1. The lowest BCUT2D eigenvalue weighted by molar-refractivity contribution is -0.314. The second-order valence-corrected chi connectivity index (χ2v) is 20.6. The number of methoxy groups -OCH3 is 3. The molecule has 12 nitrogen and oxygen atoms in total. The average Bonchev–Trinajstić information content (AvgIpc) is 3.91. The van der Waals surface area contributed by atoms with E-state index in [2.05, 4.69) is 59.7 Å². The number of Topliss-reactive ketones (excluding diaryl/α,β-unsaturated/α-hetero) is 1. The third kappa shape index (κ3) is 9.03. The van der Waals surface area contributed by atoms with E-state index < -0.39 is 18.3 Å². The molecule has 0 bridgehead atoms. The lowest BCUT2D eigenvalue weighted by Crippen LogP contribution is -2.59. The fourth-order valence-electron chi connectivity index (χ4n) is 11.4. The summed E-state index contributed by atoms with van der Waals surface area (Å²) in [6.07, 6.45) is 5.63. The molecule has 17 atom stereocenters. The van der Waals surface area contributed by atoms with Crippen molar-refractivity contribution in [2.24, 2.45) is 23.7 Å². The molecule has 1 aromatic rings. The topological polar surface area (TPSA) is 124 Å². The summed E-state index contributed by atoms with van der Waals surface area (Å²) in [6, 6.07) is 0.322. The number of fused-ring (bicyclic) bond motifs is 8. The molecular weight excluding hydrogens is 773 g/mol. The summed E-state index contributed by atoms with van der Waals surface area (Å²) in [5.74, 6) is -0.687. The number of rotatable bonds is 9. The van der Waals surface area contributed by atoms with Gasteiger partial charge in [-0.05, 0) is 96.7 Å². The maximum Gasteiger partial charge on any atom is 0.306 e. The lowest BCUT2D eigenvalue weighted by atomic mass is 9.67. The molecular formula is C46H72N2O10S. The minimum absolute atomic E-state index is 0.00551. The van der Waals surface area contributed by atoms with Gasteiger partial charge in [-0.25, -0.2) is 4.98 Å². The van der Waals surface area contributed by atoms with E-state index in [0.29, 0.717) is 12.5 Å². The number of carbonyl (C=O) groups excluding carboxylic acids is 2. The average molecular weight is 845 g/mol. The maximum atomic E-state index is 15.1. The quantitative estimate of drug-likeness (QED) is 0.232. The minimum atomic E-state index is -0.638. The van der Waals surface area contributed by atoms with Crippen LogP contribution in [0.3, 0.4) is 0 Å². The van der Waals surface area contributed by atoms with Crippen LogP contribution in [0.25, 0.3) is 0 Å². The monoisotopic (exact) mass is 844 g/mol. The molecule has 0 radical (unpaired) electrons. The molecule has 4 fully saturated rings. The number of allylic oxidation sites excluding steroid dienone is 2. The number of ether oxygens (including phenoxy) is 8. The van der Waals surface area contributed by atoms with Crippen LogP contribution in [0, 0.1) is 23.7 Å². The van der Waals surface area contributed by atoms with Crippen molar-refractivity contribution in [2.75, 3.05) is 35.4 Å². The molecule has 0 N–H and O–H groups in total. The zero-order chi connectivity index (χ0) is 42.5. The first-order chi connectivity index (χ1) is 28.1. The van der Waals surface area contributed by atoms with Gasteiger partial charge in [-0.15, -0.1) is 11.3 Å². The molecule has 1 aromatic heterocycles. The molecule has 0 aromatic carbocycles. The van der Waals surface area contributed by atoms with E-state index in [4.69, 9.17) is 42.9 Å². The Morgan fingerprint density at radius 1 is 0.881 bits per heavy atom. The van der Waals surface area contributed by atoms with Crippen molar-refractivity contribution in [3.05, 3.63) is 27.2 Å². The van der Waals surface area contributed by atoms with E-state index in [1.807, 2.05) is 13.8 Å². The van der Waals surface area contributed by atoms with Crippen molar-refractivity contribution >= 4 is 23.1 Å². The Morgan fingerprint density at radius 3 is 2.25 bits per heavy atom. The largest absolute Gasteiger partial charge is 0.462 e. The number of esters is 1. The number of hydrogen-bond acceptors (Lipinski definition) is 13. The highest BCUT2D eigenvalue weighted by atomic mass is 32.1. The van der Waals surface area contributed by atoms with E-state index >= 15 is 4.79 Å². The Bertz CT molecular complexity index is 1660. The fraction of sp³-hybridized carbons (Fsp3) is 0.848. The summed E-state index contributed by atoms with van der Waals surface area (Å²) in [5, 5.41) is 1.07. The molecule has 0 amide bonds. The molecule has 13 heteroatoms. The second-order valence-electron chi connectivity index (χ2n) is 19.5. The van der Waals surface area contributed by atoms with Gasteiger partial charge in [0.2, 0.25) is 0 Å². The first-order valence-electron chi connectivity index (χ1n) is 22.4. The van der Waals surface area contributed by atoms with Crippen molar-refractivity contribution in [1.82, 2.24) is 9.88 Å². The smallest absolute Gasteiger partial charge is 0.306 e. The summed E-state index contributed by atoms with van der Waals surface area (Å²) in [7, 11) is 9.18. The van der Waals surface area contributed by atoms with E-state index in [0.717, 1.165) is 61.2 Å². The van der Waals surface area contributed by atoms with Gasteiger partial charge in [-0.2, -0.15) is 0 Å². The zero-order valence-corrected chi connectivity index (χ0v) is 38.5. The third-order valence-corrected chi connectivity index (χ3v) is 16.2. The number of hydrogen-bond donors (Lipinski definition) is 0. The molecule has 3 aliphatic heterocycles. The Balaban J connectivity index is 1.22. The van der Waals surface area contributed by atoms with E-state index in [9.17, 15) is 4.79 Å². The van der Waals surface area contributed by atoms with E-state index in [-0.39, 0.29) is 102 Å². The van der Waals surface area contributed by atoms with E-state index in [1.54, 1.807) is 32.7 Å². The van der Waals surface area contributed by atoms with Crippen molar-refractivity contribution in [3.63, 3.8) is 0 Å². The summed E-state index contributed by atoms with van der Waals surface area (Å²) < 4.78 is 50.5. The van der Waals surface area contributed by atoms with Crippen LogP contribution < -0.4 is 0 Å². The van der Waals surface area contributed by atoms with Crippen LogP contribution in [0.15, 0.2) is 11.6 Å². The Morgan fingerprint density at radius 2 is 1.61 bits per heavy atom. The highest BCUT2D eigenvalue weighted by Gasteiger charge is 2.57. The third-order valence-electron chi connectivity index (χ3n) is 14.5. The number of nitrogens with zero attached hydrogens (tertiary/aromatic N) is 2. The van der Waals surface area contributed by atoms with E-state index in [1.165, 1.54) is 4.88 Å². The van der Waals surface area contributed by atoms with Crippen LogP contribution in [0.2, 0.25) is 0 Å². The molecule has 332 valence electrons. The Labute approximate surface area is 356 Å². The van der Waals surface area contributed by atoms with Crippen molar-refractivity contribution in [3.8, 4) is 0 Å². The standard InChI is InChI=1S/C46H72N2O10S/c1-13-26-15-14-16-34(58-36-18-17-33(48(8)9)24(3)54-36)23(2)39(50)31-21-29-28-19-27(57-44-42(53-12)41(52-11)40(51-10)25(4)55-44)20-32(28)43-38(47-45(59-43)46(5,6)7)37(29)30(31)22-35(49)56-26/h21,23-30,32-34,36-37,40-42,44H,13-20,22H2,1-12H3/t23-,24-,25+,26+,27+,28+,29+,30-,32-,33+,34+,36+,37-,40+,41-,42-,44+/m1/s1. The summed E-state index contributed by atoms with van der Waals surface area (Å²) in [5.41, 5.74) is 1.61. The molecule has 59 heavy (non-hydrogen) atoms. The fourth-order valence-corrected chi connectivity index (χ4v) is 12.8. The Hall–Kier alpha value is -1.81. The number of thiazole rings is 1. The molecule has 4 heterocycles. The highest BCUT2D eigenvalue weighted by Crippen LogP contribution is 2.63. The molecule has 0 spiro atoms. The van der Waals surface area contributed by atoms with Crippen LogP contribution in [0.1, 0.15) is 134 Å². The molecule has 3 aliphatic carbocycles. The van der Waals surface area contributed by atoms with Crippen molar-refractivity contribution < 1.29 is 47.5 Å². The summed E-state index contributed by atoms with van der Waals surface area (Å²) >= 11 is 1.80. The molecule has 6 aliphatic rings. The highest BCUT2D eigenvalue weighted by molar-refractivity contribution is 7.12. The van der Waals surface area contributed by atoms with Crippen LogP contribution in [-0.4, -0.2) is 125 Å². The first-order valence-corrected chi connectivity index (χ1v) is 23.2.